The van der Waals surface area contributed by atoms with Gasteiger partial charge in [-0.2, -0.15) is 0 Å². The number of carbonyl (C=O) groups excluding carboxylic acids is 1. The molecular weight excluding hydrogens is 262 g/mol. The average molecular weight is 271 g/mol. The highest BCUT2D eigenvalue weighted by Crippen LogP contribution is 2.33. The molecule has 3 nitrogen and oxygen atoms in total. The van der Waals surface area contributed by atoms with Gasteiger partial charge in [-0.3, -0.25) is 0 Å². The molecule has 0 amide bonds. The minimum Gasteiger partial charge on any atom is -0.543 e. The van der Waals surface area contributed by atoms with Crippen LogP contribution >= 0.6 is 11.6 Å². The molecule has 0 spiro atoms. The lowest BCUT2D eigenvalue weighted by molar-refractivity contribution is -0.255. The van der Waals surface area contributed by atoms with Crippen LogP contribution in [0.15, 0.2) is 48.5 Å². The fraction of sp³-hybridized carbons (Fsp3) is 0. The molecule has 1 heterocycles. The van der Waals surface area contributed by atoms with Gasteiger partial charge in [0.15, 0.2) is 0 Å². The summed E-state index contributed by atoms with van der Waals surface area (Å²) in [7, 11) is 0. The van der Waals surface area contributed by atoms with Crippen LogP contribution < -0.4 is 5.11 Å². The summed E-state index contributed by atoms with van der Waals surface area (Å²) in [4.78, 5) is 14.1. The zero-order chi connectivity index (χ0) is 13.4. The van der Waals surface area contributed by atoms with Crippen molar-refractivity contribution in [3.05, 3.63) is 59.2 Å². The quantitative estimate of drug-likeness (QED) is 0.778. The van der Waals surface area contributed by atoms with Crippen LogP contribution in [0.3, 0.4) is 0 Å². The lowest BCUT2D eigenvalue weighted by atomic mass is 10.0. The van der Waals surface area contributed by atoms with Crippen molar-refractivity contribution in [1.82, 2.24) is 4.98 Å². The van der Waals surface area contributed by atoms with E-state index in [1.54, 1.807) is 18.2 Å². The Morgan fingerprint density at radius 3 is 2.53 bits per heavy atom. The molecule has 1 N–H and O–H groups in total. The number of nitrogens with one attached hydrogen (secondary N) is 1. The van der Waals surface area contributed by atoms with Gasteiger partial charge in [0, 0.05) is 21.5 Å². The Hall–Kier alpha value is -2.26. The summed E-state index contributed by atoms with van der Waals surface area (Å²) < 4.78 is 0. The van der Waals surface area contributed by atoms with Crippen LogP contribution in [0.2, 0.25) is 5.02 Å². The molecule has 3 rings (SSSR count). The highest BCUT2D eigenvalue weighted by Gasteiger charge is 2.14. The lowest BCUT2D eigenvalue weighted by Crippen LogP contribution is -2.23. The van der Waals surface area contributed by atoms with E-state index in [2.05, 4.69) is 4.98 Å². The first-order valence-corrected chi connectivity index (χ1v) is 6.12. The number of rotatable bonds is 2. The number of H-pyrrole nitrogens is 1. The summed E-state index contributed by atoms with van der Waals surface area (Å²) in [5.41, 5.74) is 2.22. The SMILES string of the molecule is O=C([O-])c1[nH]c2ccc(Cl)cc2c1-c1ccccc1. The van der Waals surface area contributed by atoms with Crippen LogP contribution in [-0.2, 0) is 0 Å². The van der Waals surface area contributed by atoms with Crippen molar-refractivity contribution in [2.75, 3.05) is 0 Å². The molecule has 4 heteroatoms. The first-order chi connectivity index (χ1) is 9.16. The lowest BCUT2D eigenvalue weighted by Gasteiger charge is -2.05. The number of benzene rings is 2. The minimum atomic E-state index is -1.23. The summed E-state index contributed by atoms with van der Waals surface area (Å²) in [5, 5.41) is 12.6. The third kappa shape index (κ3) is 1.98. The number of carboxylic acid groups (broad SMARTS) is 1. The van der Waals surface area contributed by atoms with Crippen molar-refractivity contribution in [2.45, 2.75) is 0 Å². The van der Waals surface area contributed by atoms with Crippen LogP contribution in [0.5, 0.6) is 0 Å². The molecule has 2 aromatic carbocycles. The number of aromatic carboxylic acids is 1. The average Bonchev–Trinajstić information content (AvgIpc) is 2.78. The fourth-order valence-electron chi connectivity index (χ4n) is 2.22. The first-order valence-electron chi connectivity index (χ1n) is 5.75. The number of hydrogen-bond acceptors (Lipinski definition) is 2. The van der Waals surface area contributed by atoms with Crippen molar-refractivity contribution < 1.29 is 9.90 Å². The van der Waals surface area contributed by atoms with Crippen molar-refractivity contribution in [3.63, 3.8) is 0 Å². The molecule has 0 saturated carbocycles. The highest BCUT2D eigenvalue weighted by atomic mass is 35.5. The number of halogens is 1. The second-order valence-corrected chi connectivity index (χ2v) is 4.65. The van der Waals surface area contributed by atoms with Crippen molar-refractivity contribution >= 4 is 28.5 Å². The molecule has 94 valence electrons. The van der Waals surface area contributed by atoms with Crippen LogP contribution in [0.1, 0.15) is 10.5 Å². The Labute approximate surface area is 114 Å². The second kappa shape index (κ2) is 4.44. The van der Waals surface area contributed by atoms with Gasteiger partial charge in [-0.05, 0) is 23.8 Å². The zero-order valence-corrected chi connectivity index (χ0v) is 10.6. The van der Waals surface area contributed by atoms with E-state index in [-0.39, 0.29) is 5.69 Å². The second-order valence-electron chi connectivity index (χ2n) is 4.22. The maximum atomic E-state index is 11.3. The topological polar surface area (TPSA) is 55.9 Å². The predicted molar refractivity (Wildman–Crippen MR) is 73.1 cm³/mol. The Morgan fingerprint density at radius 1 is 1.11 bits per heavy atom. The summed E-state index contributed by atoms with van der Waals surface area (Å²) in [6.07, 6.45) is 0. The number of aromatic nitrogens is 1. The number of carbonyl (C=O) groups is 1. The van der Waals surface area contributed by atoms with Gasteiger partial charge in [0.25, 0.3) is 0 Å². The molecule has 0 aliphatic carbocycles. The van der Waals surface area contributed by atoms with E-state index in [4.69, 9.17) is 11.6 Å². The normalized spacial score (nSPS) is 10.8. The number of hydrogen-bond donors (Lipinski definition) is 1. The van der Waals surface area contributed by atoms with E-state index in [9.17, 15) is 9.90 Å². The molecule has 3 aromatic rings. The van der Waals surface area contributed by atoms with Gasteiger partial charge in [-0.1, -0.05) is 41.9 Å². The third-order valence-electron chi connectivity index (χ3n) is 3.03. The van der Waals surface area contributed by atoms with E-state index in [1.165, 1.54) is 0 Å². The van der Waals surface area contributed by atoms with Gasteiger partial charge in [-0.15, -0.1) is 0 Å². The van der Waals surface area contributed by atoms with Gasteiger partial charge in [0.2, 0.25) is 0 Å². The van der Waals surface area contributed by atoms with Crippen LogP contribution in [-0.4, -0.2) is 11.0 Å². The Kier molecular flexibility index (Phi) is 2.76. The largest absolute Gasteiger partial charge is 0.543 e. The molecular formula is C15H9ClNO2-. The minimum absolute atomic E-state index is 0.0727. The molecule has 0 fully saturated rings. The third-order valence-corrected chi connectivity index (χ3v) is 3.26. The van der Waals surface area contributed by atoms with Crippen molar-refractivity contribution in [2.24, 2.45) is 0 Å². The van der Waals surface area contributed by atoms with E-state index >= 15 is 0 Å². The monoisotopic (exact) mass is 270 g/mol. The summed E-state index contributed by atoms with van der Waals surface area (Å²) in [6.45, 7) is 0. The van der Waals surface area contributed by atoms with Gasteiger partial charge in [-0.25, -0.2) is 0 Å². The molecule has 0 atom stereocenters. The molecule has 0 aliphatic heterocycles. The van der Waals surface area contributed by atoms with Gasteiger partial charge in [0.05, 0.1) is 11.7 Å². The maximum Gasteiger partial charge on any atom is 0.0884 e. The van der Waals surface area contributed by atoms with Crippen molar-refractivity contribution in [3.8, 4) is 11.1 Å². The standard InChI is InChI=1S/C15H10ClNO2/c16-10-6-7-12-11(8-10)13(14(17-12)15(18)19)9-4-2-1-3-5-9/h1-8,17H,(H,18,19)/p-1. The first kappa shape index (κ1) is 11.8. The van der Waals surface area contributed by atoms with Gasteiger partial charge in [0.1, 0.15) is 0 Å². The van der Waals surface area contributed by atoms with Crippen LogP contribution in [0.25, 0.3) is 22.0 Å². The fourth-order valence-corrected chi connectivity index (χ4v) is 2.39. The van der Waals surface area contributed by atoms with Crippen LogP contribution in [0.4, 0.5) is 0 Å². The van der Waals surface area contributed by atoms with E-state index in [0.717, 1.165) is 16.5 Å². The van der Waals surface area contributed by atoms with E-state index < -0.39 is 5.97 Å². The Morgan fingerprint density at radius 2 is 1.84 bits per heavy atom. The summed E-state index contributed by atoms with van der Waals surface area (Å²) in [5.74, 6) is -1.23. The maximum absolute atomic E-state index is 11.3. The molecule has 19 heavy (non-hydrogen) atoms. The summed E-state index contributed by atoms with van der Waals surface area (Å²) >= 11 is 5.99. The summed E-state index contributed by atoms with van der Waals surface area (Å²) in [6, 6.07) is 14.5. The molecule has 1 aromatic heterocycles. The zero-order valence-electron chi connectivity index (χ0n) is 9.81. The Balaban J connectivity index is 2.40. The number of aromatic amines is 1. The van der Waals surface area contributed by atoms with Gasteiger partial charge < -0.3 is 14.9 Å². The van der Waals surface area contributed by atoms with Crippen molar-refractivity contribution in [1.29, 1.82) is 0 Å². The molecule has 0 bridgehead atoms. The van der Waals surface area contributed by atoms with Gasteiger partial charge >= 0.3 is 0 Å². The molecule has 0 saturated heterocycles. The van der Waals surface area contributed by atoms with E-state index in [1.807, 2.05) is 30.3 Å². The smallest absolute Gasteiger partial charge is 0.0884 e. The molecule has 0 aliphatic rings. The highest BCUT2D eigenvalue weighted by molar-refractivity contribution is 6.31. The molecule has 0 unspecified atom stereocenters. The Bertz CT molecular complexity index is 762. The van der Waals surface area contributed by atoms with E-state index in [0.29, 0.717) is 10.6 Å². The predicted octanol–water partition coefficient (Wildman–Crippen LogP) is 2.85. The number of carboxylic acids is 1. The molecule has 0 radical (unpaired) electrons. The van der Waals surface area contributed by atoms with Crippen LogP contribution in [0, 0.1) is 0 Å². The number of fused-ring (bicyclic) bond motifs is 1.